The van der Waals surface area contributed by atoms with Gasteiger partial charge in [-0.1, -0.05) is 0 Å². The Bertz CT molecular complexity index is 964. The van der Waals surface area contributed by atoms with Crippen molar-refractivity contribution >= 4 is 23.4 Å². The summed E-state index contributed by atoms with van der Waals surface area (Å²) >= 11 is 0. The summed E-state index contributed by atoms with van der Waals surface area (Å²) in [6.07, 6.45) is 1.52. The number of carbonyl (C=O) groups excluding carboxylic acids is 1. The van der Waals surface area contributed by atoms with Gasteiger partial charge in [-0.15, -0.1) is 0 Å². The third-order valence-electron chi connectivity index (χ3n) is 4.79. The van der Waals surface area contributed by atoms with Crippen LogP contribution in [0.1, 0.15) is 16.2 Å². The Hall–Kier alpha value is -3.55. The number of piperazine rings is 1. The summed E-state index contributed by atoms with van der Waals surface area (Å²) in [5.41, 5.74) is 1.80. The molecule has 8 nitrogen and oxygen atoms in total. The van der Waals surface area contributed by atoms with Gasteiger partial charge in [0.05, 0.1) is 13.4 Å². The van der Waals surface area contributed by atoms with E-state index in [1.54, 1.807) is 24.1 Å². The van der Waals surface area contributed by atoms with E-state index in [2.05, 4.69) is 20.2 Å². The van der Waals surface area contributed by atoms with Crippen LogP contribution in [0.15, 0.2) is 53.1 Å². The fraction of sp³-hybridized carbons (Fsp3) is 0.286. The fourth-order valence-corrected chi connectivity index (χ4v) is 3.25. The molecule has 0 radical (unpaired) electrons. The first-order chi connectivity index (χ1) is 14.1. The van der Waals surface area contributed by atoms with Crippen molar-refractivity contribution in [1.29, 1.82) is 0 Å². The number of furan rings is 1. The summed E-state index contributed by atoms with van der Waals surface area (Å²) in [4.78, 5) is 25.6. The van der Waals surface area contributed by atoms with Crippen LogP contribution in [0.5, 0.6) is 5.75 Å². The molecule has 0 atom stereocenters. The van der Waals surface area contributed by atoms with Gasteiger partial charge in [0, 0.05) is 43.6 Å². The summed E-state index contributed by atoms with van der Waals surface area (Å²) in [6.45, 7) is 4.47. The first-order valence-electron chi connectivity index (χ1n) is 9.47. The average molecular weight is 393 g/mol. The zero-order valence-corrected chi connectivity index (χ0v) is 16.5. The summed E-state index contributed by atoms with van der Waals surface area (Å²) < 4.78 is 10.4. The minimum Gasteiger partial charge on any atom is -0.497 e. The Morgan fingerprint density at radius 2 is 1.86 bits per heavy atom. The monoisotopic (exact) mass is 393 g/mol. The second-order valence-electron chi connectivity index (χ2n) is 6.80. The number of aromatic nitrogens is 2. The van der Waals surface area contributed by atoms with Crippen molar-refractivity contribution in [2.75, 3.05) is 43.5 Å². The van der Waals surface area contributed by atoms with Crippen molar-refractivity contribution in [3.05, 3.63) is 60.2 Å². The Kier molecular flexibility index (Phi) is 5.33. The number of hydrogen-bond acceptors (Lipinski definition) is 7. The van der Waals surface area contributed by atoms with E-state index in [0.717, 1.165) is 22.9 Å². The van der Waals surface area contributed by atoms with Crippen LogP contribution in [0, 0.1) is 6.92 Å². The number of amides is 1. The normalized spacial score (nSPS) is 14.0. The molecule has 0 aliphatic carbocycles. The van der Waals surface area contributed by atoms with E-state index in [1.807, 2.05) is 37.3 Å². The third-order valence-corrected chi connectivity index (χ3v) is 4.79. The molecule has 2 aromatic heterocycles. The molecule has 1 N–H and O–H groups in total. The molecular weight excluding hydrogens is 370 g/mol. The highest BCUT2D eigenvalue weighted by Crippen LogP contribution is 2.22. The first-order valence-corrected chi connectivity index (χ1v) is 9.47. The van der Waals surface area contributed by atoms with Crippen molar-refractivity contribution in [3.63, 3.8) is 0 Å². The molecule has 4 rings (SSSR count). The van der Waals surface area contributed by atoms with Gasteiger partial charge in [0.2, 0.25) is 5.95 Å². The van der Waals surface area contributed by atoms with Crippen LogP contribution in [0.3, 0.4) is 0 Å². The van der Waals surface area contributed by atoms with E-state index in [4.69, 9.17) is 9.15 Å². The summed E-state index contributed by atoms with van der Waals surface area (Å²) in [5.74, 6) is 2.48. The molecular formula is C21H23N5O3. The standard InChI is InChI=1S/C21H23N5O3/c1-15-14-19(23-16-5-7-17(28-2)8-6-16)24-21(22-15)26-11-9-25(10-12-26)20(27)18-4-3-13-29-18/h3-8,13-14H,9-12H2,1-2H3,(H,22,23,24). The maximum atomic E-state index is 12.4. The molecule has 8 heteroatoms. The maximum absolute atomic E-state index is 12.4. The lowest BCUT2D eigenvalue weighted by atomic mass is 10.3. The highest BCUT2D eigenvalue weighted by atomic mass is 16.5. The van der Waals surface area contributed by atoms with Crippen molar-refractivity contribution in [1.82, 2.24) is 14.9 Å². The molecule has 1 aliphatic heterocycles. The molecule has 0 saturated carbocycles. The molecule has 1 saturated heterocycles. The number of nitrogens with zero attached hydrogens (tertiary/aromatic N) is 4. The average Bonchev–Trinajstić information content (AvgIpc) is 3.28. The van der Waals surface area contributed by atoms with Crippen molar-refractivity contribution in [3.8, 4) is 5.75 Å². The van der Waals surface area contributed by atoms with Crippen LogP contribution in [-0.2, 0) is 0 Å². The summed E-state index contributed by atoms with van der Waals surface area (Å²) in [6, 6.07) is 13.0. The van der Waals surface area contributed by atoms with Gasteiger partial charge in [-0.2, -0.15) is 4.98 Å². The van der Waals surface area contributed by atoms with Crippen LogP contribution >= 0.6 is 0 Å². The predicted molar refractivity (Wildman–Crippen MR) is 110 cm³/mol. The molecule has 0 bridgehead atoms. The lowest BCUT2D eigenvalue weighted by molar-refractivity contribution is 0.0714. The number of methoxy groups -OCH3 is 1. The van der Waals surface area contributed by atoms with E-state index in [9.17, 15) is 4.79 Å². The molecule has 0 unspecified atom stereocenters. The second-order valence-corrected chi connectivity index (χ2v) is 6.80. The Labute approximate surface area is 169 Å². The molecule has 1 amide bonds. The Morgan fingerprint density at radius 1 is 1.10 bits per heavy atom. The minimum absolute atomic E-state index is 0.0818. The Morgan fingerprint density at radius 3 is 2.52 bits per heavy atom. The van der Waals surface area contributed by atoms with E-state index in [0.29, 0.717) is 37.9 Å². The second kappa shape index (κ2) is 8.22. The van der Waals surface area contributed by atoms with E-state index in [-0.39, 0.29) is 5.91 Å². The predicted octanol–water partition coefficient (Wildman–Crippen LogP) is 3.09. The van der Waals surface area contributed by atoms with Crippen LogP contribution in [0.4, 0.5) is 17.5 Å². The highest BCUT2D eigenvalue weighted by molar-refractivity contribution is 5.91. The van der Waals surface area contributed by atoms with Gasteiger partial charge in [0.25, 0.3) is 5.91 Å². The van der Waals surface area contributed by atoms with Crippen LogP contribution in [0.2, 0.25) is 0 Å². The van der Waals surface area contributed by atoms with E-state index in [1.165, 1.54) is 6.26 Å². The minimum atomic E-state index is -0.0818. The third kappa shape index (κ3) is 4.31. The fourth-order valence-electron chi connectivity index (χ4n) is 3.25. The molecule has 150 valence electrons. The number of ether oxygens (including phenoxy) is 1. The van der Waals surface area contributed by atoms with Gasteiger partial charge in [-0.25, -0.2) is 4.98 Å². The highest BCUT2D eigenvalue weighted by Gasteiger charge is 2.25. The number of benzene rings is 1. The van der Waals surface area contributed by atoms with E-state index < -0.39 is 0 Å². The smallest absolute Gasteiger partial charge is 0.289 e. The van der Waals surface area contributed by atoms with Crippen LogP contribution in [0.25, 0.3) is 0 Å². The molecule has 3 heterocycles. The number of carbonyl (C=O) groups is 1. The van der Waals surface area contributed by atoms with Crippen molar-refractivity contribution in [2.24, 2.45) is 0 Å². The lowest BCUT2D eigenvalue weighted by Gasteiger charge is -2.34. The SMILES string of the molecule is COc1ccc(Nc2cc(C)nc(N3CCN(C(=O)c4ccco4)CC3)n2)cc1. The van der Waals surface area contributed by atoms with Crippen molar-refractivity contribution < 1.29 is 13.9 Å². The number of nitrogens with one attached hydrogen (secondary N) is 1. The number of hydrogen-bond donors (Lipinski definition) is 1. The maximum Gasteiger partial charge on any atom is 0.289 e. The van der Waals surface area contributed by atoms with Gasteiger partial charge < -0.3 is 24.3 Å². The van der Waals surface area contributed by atoms with E-state index >= 15 is 0 Å². The van der Waals surface area contributed by atoms with Gasteiger partial charge in [0.15, 0.2) is 5.76 Å². The Balaban J connectivity index is 1.43. The molecule has 1 fully saturated rings. The molecule has 0 spiro atoms. The number of rotatable bonds is 5. The molecule has 1 aromatic carbocycles. The lowest BCUT2D eigenvalue weighted by Crippen LogP contribution is -2.49. The van der Waals surface area contributed by atoms with Gasteiger partial charge in [-0.05, 0) is 43.3 Å². The quantitative estimate of drug-likeness (QED) is 0.713. The van der Waals surface area contributed by atoms with Gasteiger partial charge >= 0.3 is 0 Å². The largest absolute Gasteiger partial charge is 0.497 e. The zero-order valence-electron chi connectivity index (χ0n) is 16.5. The first kappa shape index (κ1) is 18.8. The van der Waals surface area contributed by atoms with Gasteiger partial charge in [0.1, 0.15) is 11.6 Å². The van der Waals surface area contributed by atoms with Crippen LogP contribution in [-0.4, -0.2) is 54.1 Å². The zero-order chi connectivity index (χ0) is 20.2. The molecule has 29 heavy (non-hydrogen) atoms. The summed E-state index contributed by atoms with van der Waals surface area (Å²) in [5, 5.41) is 3.31. The number of anilines is 3. The van der Waals surface area contributed by atoms with Gasteiger partial charge in [-0.3, -0.25) is 4.79 Å². The summed E-state index contributed by atoms with van der Waals surface area (Å²) in [7, 11) is 1.64. The topological polar surface area (TPSA) is 83.7 Å². The van der Waals surface area contributed by atoms with Crippen molar-refractivity contribution in [2.45, 2.75) is 6.92 Å². The molecule has 3 aromatic rings. The van der Waals surface area contributed by atoms with Crippen LogP contribution < -0.4 is 15.0 Å². The molecule has 1 aliphatic rings. The number of aryl methyl sites for hydroxylation is 1.